The quantitative estimate of drug-likeness (QED) is 0.258. The third kappa shape index (κ3) is 4.95. The van der Waals surface area contributed by atoms with Gasteiger partial charge in [0.2, 0.25) is 5.90 Å². The number of aliphatic imine (C=N–C) groups is 1. The molecule has 4 rings (SSSR count). The lowest BCUT2D eigenvalue weighted by Crippen LogP contribution is -2.05. The maximum absolute atomic E-state index is 12.3. The minimum Gasteiger partial charge on any atom is -0.493 e. The van der Waals surface area contributed by atoms with Crippen molar-refractivity contribution in [3.8, 4) is 11.5 Å². The van der Waals surface area contributed by atoms with Crippen molar-refractivity contribution in [2.75, 3.05) is 7.11 Å². The lowest BCUT2D eigenvalue weighted by molar-refractivity contribution is -0.129. The van der Waals surface area contributed by atoms with Crippen LogP contribution in [0, 0.1) is 6.92 Å². The number of carbonyl (C=O) groups is 1. The van der Waals surface area contributed by atoms with Gasteiger partial charge in [-0.1, -0.05) is 51.8 Å². The van der Waals surface area contributed by atoms with E-state index in [-0.39, 0.29) is 5.70 Å². The molecule has 0 saturated heterocycles. The van der Waals surface area contributed by atoms with Gasteiger partial charge in [-0.05, 0) is 64.8 Å². The zero-order chi connectivity index (χ0) is 22.7. The molecule has 5 nitrogen and oxygen atoms in total. The Morgan fingerprint density at radius 3 is 2.50 bits per heavy atom. The van der Waals surface area contributed by atoms with Crippen LogP contribution in [0.5, 0.6) is 11.5 Å². The van der Waals surface area contributed by atoms with Crippen molar-refractivity contribution in [1.29, 1.82) is 0 Å². The molecule has 0 unspecified atom stereocenters. The standard InChI is InChI=1S/C25H19Br2NO4/c1-15-7-9-17(10-8-15)24-28-21(25(29)32-24)12-16-11-20(27)23(22(13-16)30-2)31-14-18-5-3-4-6-19(18)26/h3-13H,14H2,1-2H3/b21-12-. The van der Waals surface area contributed by atoms with Crippen molar-refractivity contribution in [2.24, 2.45) is 4.99 Å². The van der Waals surface area contributed by atoms with Gasteiger partial charge in [-0.25, -0.2) is 9.79 Å². The summed E-state index contributed by atoms with van der Waals surface area (Å²) < 4.78 is 18.6. The summed E-state index contributed by atoms with van der Waals surface area (Å²) in [5.74, 6) is 0.904. The van der Waals surface area contributed by atoms with Crippen molar-refractivity contribution in [1.82, 2.24) is 0 Å². The number of aryl methyl sites for hydroxylation is 1. The first-order chi connectivity index (χ1) is 15.4. The number of nitrogens with zero attached hydrogens (tertiary/aromatic N) is 1. The number of esters is 1. The van der Waals surface area contributed by atoms with Crippen LogP contribution in [-0.2, 0) is 16.1 Å². The van der Waals surface area contributed by atoms with Gasteiger partial charge in [-0.3, -0.25) is 0 Å². The SMILES string of the molecule is COc1cc(/C=C2\N=C(c3ccc(C)cc3)OC2=O)cc(Br)c1OCc1ccccc1Br. The van der Waals surface area contributed by atoms with E-state index in [9.17, 15) is 4.79 Å². The largest absolute Gasteiger partial charge is 0.493 e. The Bertz CT molecular complexity index is 1230. The van der Waals surface area contributed by atoms with Gasteiger partial charge in [0, 0.05) is 15.6 Å². The first kappa shape index (κ1) is 22.3. The second-order valence-corrected chi connectivity index (χ2v) is 8.82. The number of ether oxygens (including phenoxy) is 3. The van der Waals surface area contributed by atoms with Gasteiger partial charge in [0.15, 0.2) is 17.2 Å². The van der Waals surface area contributed by atoms with E-state index >= 15 is 0 Å². The van der Waals surface area contributed by atoms with E-state index in [4.69, 9.17) is 14.2 Å². The molecule has 0 radical (unpaired) electrons. The number of benzene rings is 3. The Balaban J connectivity index is 1.59. The number of halogens is 2. The lowest BCUT2D eigenvalue weighted by Gasteiger charge is -2.14. The van der Waals surface area contributed by atoms with Gasteiger partial charge in [-0.15, -0.1) is 0 Å². The average Bonchev–Trinajstić information content (AvgIpc) is 3.14. The van der Waals surface area contributed by atoms with E-state index in [1.54, 1.807) is 19.3 Å². The van der Waals surface area contributed by atoms with E-state index in [2.05, 4.69) is 36.9 Å². The Morgan fingerprint density at radius 1 is 1.03 bits per heavy atom. The minimum atomic E-state index is -0.495. The van der Waals surface area contributed by atoms with Gasteiger partial charge >= 0.3 is 5.97 Å². The van der Waals surface area contributed by atoms with Gasteiger partial charge in [0.05, 0.1) is 11.6 Å². The molecule has 0 amide bonds. The second-order valence-electron chi connectivity index (χ2n) is 7.12. The zero-order valence-electron chi connectivity index (χ0n) is 17.4. The average molecular weight is 557 g/mol. The van der Waals surface area contributed by atoms with Crippen molar-refractivity contribution >= 4 is 49.8 Å². The maximum Gasteiger partial charge on any atom is 0.363 e. The molecule has 32 heavy (non-hydrogen) atoms. The number of carbonyl (C=O) groups excluding carboxylic acids is 1. The Labute approximate surface area is 203 Å². The van der Waals surface area contributed by atoms with Crippen molar-refractivity contribution in [3.63, 3.8) is 0 Å². The fourth-order valence-corrected chi connectivity index (χ4v) is 4.09. The summed E-state index contributed by atoms with van der Waals surface area (Å²) in [7, 11) is 1.57. The summed E-state index contributed by atoms with van der Waals surface area (Å²) in [6.07, 6.45) is 1.66. The number of hydrogen-bond acceptors (Lipinski definition) is 5. The van der Waals surface area contributed by atoms with Crippen LogP contribution in [0.25, 0.3) is 6.08 Å². The third-order valence-electron chi connectivity index (χ3n) is 4.80. The van der Waals surface area contributed by atoms with Crippen LogP contribution in [0.2, 0.25) is 0 Å². The predicted molar refractivity (Wildman–Crippen MR) is 131 cm³/mol. The van der Waals surface area contributed by atoms with Gasteiger partial charge in [0.1, 0.15) is 6.61 Å². The summed E-state index contributed by atoms with van der Waals surface area (Å²) >= 11 is 7.08. The molecule has 0 aromatic heterocycles. The Morgan fingerprint density at radius 2 is 1.78 bits per heavy atom. The molecular weight excluding hydrogens is 538 g/mol. The predicted octanol–water partition coefficient (Wildman–Crippen LogP) is 6.45. The Hall–Kier alpha value is -2.90. The molecule has 3 aromatic carbocycles. The Kier molecular flexibility index (Phi) is 6.77. The number of hydrogen-bond donors (Lipinski definition) is 0. The maximum atomic E-state index is 12.3. The van der Waals surface area contributed by atoms with Crippen LogP contribution < -0.4 is 9.47 Å². The molecule has 1 aliphatic rings. The smallest absolute Gasteiger partial charge is 0.363 e. The van der Waals surface area contributed by atoms with E-state index in [0.29, 0.717) is 28.5 Å². The highest BCUT2D eigenvalue weighted by Crippen LogP contribution is 2.38. The normalized spacial score (nSPS) is 14.3. The first-order valence-electron chi connectivity index (χ1n) is 9.78. The summed E-state index contributed by atoms with van der Waals surface area (Å²) in [6.45, 7) is 2.36. The van der Waals surface area contributed by atoms with E-state index in [1.165, 1.54) is 0 Å². The van der Waals surface area contributed by atoms with Crippen LogP contribution in [-0.4, -0.2) is 19.0 Å². The monoisotopic (exact) mass is 555 g/mol. The van der Waals surface area contributed by atoms with E-state index < -0.39 is 5.97 Å². The lowest BCUT2D eigenvalue weighted by atomic mass is 10.1. The summed E-state index contributed by atoms with van der Waals surface area (Å²) in [6, 6.07) is 19.1. The fourth-order valence-electron chi connectivity index (χ4n) is 3.12. The molecule has 0 aliphatic carbocycles. The number of methoxy groups -OCH3 is 1. The van der Waals surface area contributed by atoms with Crippen molar-refractivity contribution < 1.29 is 19.0 Å². The number of cyclic esters (lactones) is 1. The molecular formula is C25H19Br2NO4. The molecule has 0 bridgehead atoms. The highest BCUT2D eigenvalue weighted by Gasteiger charge is 2.24. The van der Waals surface area contributed by atoms with Crippen LogP contribution in [0.1, 0.15) is 22.3 Å². The zero-order valence-corrected chi connectivity index (χ0v) is 20.6. The highest BCUT2D eigenvalue weighted by atomic mass is 79.9. The third-order valence-corrected chi connectivity index (χ3v) is 6.17. The van der Waals surface area contributed by atoms with Gasteiger partial charge < -0.3 is 14.2 Å². The van der Waals surface area contributed by atoms with Gasteiger partial charge in [-0.2, -0.15) is 0 Å². The molecule has 1 heterocycles. The molecule has 1 aliphatic heterocycles. The summed E-state index contributed by atoms with van der Waals surface area (Å²) in [4.78, 5) is 16.7. The highest BCUT2D eigenvalue weighted by molar-refractivity contribution is 9.10. The molecule has 7 heteroatoms. The van der Waals surface area contributed by atoms with Gasteiger partial charge in [0.25, 0.3) is 0 Å². The van der Waals surface area contributed by atoms with E-state index in [0.717, 1.165) is 26.7 Å². The van der Waals surface area contributed by atoms with Crippen LogP contribution >= 0.6 is 31.9 Å². The van der Waals surface area contributed by atoms with Crippen LogP contribution in [0.4, 0.5) is 0 Å². The molecule has 162 valence electrons. The molecule has 0 atom stereocenters. The molecule has 0 N–H and O–H groups in total. The topological polar surface area (TPSA) is 57.1 Å². The molecule has 0 spiro atoms. The minimum absolute atomic E-state index is 0.219. The molecule has 0 saturated carbocycles. The summed E-state index contributed by atoms with van der Waals surface area (Å²) in [5.41, 5.74) is 3.83. The fraction of sp³-hybridized carbons (Fsp3) is 0.120. The van der Waals surface area contributed by atoms with E-state index in [1.807, 2.05) is 61.5 Å². The first-order valence-corrected chi connectivity index (χ1v) is 11.4. The summed E-state index contributed by atoms with van der Waals surface area (Å²) in [5, 5.41) is 0. The van der Waals surface area contributed by atoms with Crippen molar-refractivity contribution in [2.45, 2.75) is 13.5 Å². The second kappa shape index (κ2) is 9.71. The van der Waals surface area contributed by atoms with Crippen LogP contribution in [0.3, 0.4) is 0 Å². The molecule has 3 aromatic rings. The number of rotatable bonds is 6. The van der Waals surface area contributed by atoms with Crippen LogP contribution in [0.15, 0.2) is 80.3 Å². The molecule has 0 fully saturated rings. The van der Waals surface area contributed by atoms with Crippen molar-refractivity contribution in [3.05, 3.63) is 97.6 Å².